The van der Waals surface area contributed by atoms with Crippen molar-refractivity contribution in [3.8, 4) is 0 Å². The number of aldehydes is 1. The van der Waals surface area contributed by atoms with Gasteiger partial charge in [-0.3, -0.25) is 0 Å². The van der Waals surface area contributed by atoms with E-state index in [4.69, 9.17) is 44.8 Å². The highest BCUT2D eigenvalue weighted by Gasteiger charge is 2.50. The van der Waals surface area contributed by atoms with Gasteiger partial charge in [0.05, 0.1) is 19.8 Å². The van der Waals surface area contributed by atoms with Crippen LogP contribution in [-0.2, 0) is 19.0 Å². The zero-order chi connectivity index (χ0) is 27.0. The van der Waals surface area contributed by atoms with E-state index >= 15 is 0 Å². The molecule has 0 bridgehead atoms. The second-order valence-corrected chi connectivity index (χ2v) is 7.88. The molecule has 17 nitrogen and oxygen atoms in total. The molecule has 0 unspecified atom stereocenters. The Morgan fingerprint density at radius 2 is 1.29 bits per heavy atom. The summed E-state index contributed by atoms with van der Waals surface area (Å²) in [6, 6.07) is 0. The van der Waals surface area contributed by atoms with Gasteiger partial charge >= 0.3 is 0 Å². The first-order chi connectivity index (χ1) is 16.4. The molecule has 14 atom stereocenters. The van der Waals surface area contributed by atoms with Gasteiger partial charge in [0.2, 0.25) is 0 Å². The van der Waals surface area contributed by atoms with Crippen LogP contribution in [0.2, 0.25) is 0 Å². The first-order valence-electron chi connectivity index (χ1n) is 10.4. The van der Waals surface area contributed by atoms with E-state index in [2.05, 4.69) is 0 Å². The third-order valence-electron chi connectivity index (χ3n) is 5.40. The Kier molecular flexibility index (Phi) is 13.5. The molecule has 0 amide bonds. The number of rotatable bonds is 9. The minimum Gasteiger partial charge on any atom is -0.394 e. The number of carbonyl (C=O) groups excluding carboxylic acids is 1. The Hall–Kier alpha value is -0.970. The predicted molar refractivity (Wildman–Crippen MR) is 106 cm³/mol. The zero-order valence-corrected chi connectivity index (χ0v) is 18.2. The lowest BCUT2D eigenvalue weighted by atomic mass is 9.97. The fourth-order valence-electron chi connectivity index (χ4n) is 3.19. The summed E-state index contributed by atoms with van der Waals surface area (Å²) in [5.41, 5.74) is 0. The minimum atomic E-state index is -1.79. The molecule has 35 heavy (non-hydrogen) atoms. The van der Waals surface area contributed by atoms with E-state index in [-0.39, 0.29) is 6.29 Å². The summed E-state index contributed by atoms with van der Waals surface area (Å²) < 4.78 is 15.3. The smallest absolute Gasteiger partial charge is 0.187 e. The largest absolute Gasteiger partial charge is 0.394 e. The summed E-state index contributed by atoms with van der Waals surface area (Å²) in [4.78, 5) is 9.90. The molecule has 13 N–H and O–H groups in total. The topological polar surface area (TPSA) is 308 Å². The predicted octanol–water partition coefficient (Wildman–Crippen LogP) is -8.78. The van der Waals surface area contributed by atoms with Gasteiger partial charge < -0.3 is 85.4 Å². The van der Waals surface area contributed by atoms with Crippen molar-refractivity contribution in [1.82, 2.24) is 0 Å². The summed E-state index contributed by atoms with van der Waals surface area (Å²) >= 11 is 0. The molecule has 0 aromatic carbocycles. The molecular formula is C18H34O17. The van der Waals surface area contributed by atoms with Crippen molar-refractivity contribution in [3.63, 3.8) is 0 Å². The maximum absolute atomic E-state index is 9.94. The first-order valence-corrected chi connectivity index (χ1v) is 10.4. The molecule has 208 valence electrons. The molecule has 0 spiro atoms. The number of carbonyl (C=O) groups is 1. The van der Waals surface area contributed by atoms with Gasteiger partial charge in [0.15, 0.2) is 18.9 Å². The van der Waals surface area contributed by atoms with Crippen molar-refractivity contribution in [3.05, 3.63) is 0 Å². The SMILES string of the molecule is O=C[C@@H](O)[C@@H](O)[C@H](O)[C@H](O)CO.OC[C@H]1O[C@H](O[C@H]2[C@H](O)[C@@H](O)[C@H](O)O[C@@H]2CO)[C@H](O)[C@@H](O)[C@@H]1O. The number of hydrogen-bond acceptors (Lipinski definition) is 17. The lowest BCUT2D eigenvalue weighted by Gasteiger charge is -2.45. The van der Waals surface area contributed by atoms with E-state index in [1.807, 2.05) is 0 Å². The van der Waals surface area contributed by atoms with E-state index in [0.29, 0.717) is 0 Å². The van der Waals surface area contributed by atoms with Gasteiger partial charge in [0.1, 0.15) is 73.2 Å². The second kappa shape index (κ2) is 14.7. The summed E-state index contributed by atoms with van der Waals surface area (Å²) in [5.74, 6) is 0. The molecule has 0 saturated carbocycles. The molecule has 2 saturated heterocycles. The van der Waals surface area contributed by atoms with Crippen LogP contribution in [-0.4, -0.2) is 178 Å². The monoisotopic (exact) mass is 522 g/mol. The molecule has 2 fully saturated rings. The van der Waals surface area contributed by atoms with Crippen molar-refractivity contribution >= 4 is 6.29 Å². The van der Waals surface area contributed by atoms with Crippen LogP contribution in [0.1, 0.15) is 0 Å². The fourth-order valence-corrected chi connectivity index (χ4v) is 3.19. The Morgan fingerprint density at radius 1 is 0.714 bits per heavy atom. The molecule has 0 aromatic heterocycles. The van der Waals surface area contributed by atoms with Crippen LogP contribution < -0.4 is 0 Å². The van der Waals surface area contributed by atoms with Crippen LogP contribution >= 0.6 is 0 Å². The van der Waals surface area contributed by atoms with Gasteiger partial charge in [-0.1, -0.05) is 0 Å². The van der Waals surface area contributed by atoms with E-state index < -0.39 is 106 Å². The lowest BCUT2D eigenvalue weighted by molar-refractivity contribution is -0.355. The highest BCUT2D eigenvalue weighted by Crippen LogP contribution is 2.28. The number of hydrogen-bond donors (Lipinski definition) is 13. The number of aliphatic hydroxyl groups is 13. The molecule has 0 aromatic rings. The van der Waals surface area contributed by atoms with Gasteiger partial charge in [0, 0.05) is 0 Å². The molecule has 2 aliphatic heterocycles. The Bertz CT molecular complexity index is 608. The van der Waals surface area contributed by atoms with Gasteiger partial charge in [0.25, 0.3) is 0 Å². The van der Waals surface area contributed by atoms with Crippen LogP contribution in [0.15, 0.2) is 0 Å². The quantitative estimate of drug-likeness (QED) is 0.125. The summed E-state index contributed by atoms with van der Waals surface area (Å²) in [6.07, 6.45) is -22.4. The number of ether oxygens (including phenoxy) is 3. The van der Waals surface area contributed by atoms with E-state index in [0.717, 1.165) is 0 Å². The van der Waals surface area contributed by atoms with Crippen molar-refractivity contribution < 1.29 is 85.4 Å². The van der Waals surface area contributed by atoms with Crippen LogP contribution in [0.5, 0.6) is 0 Å². The first kappa shape index (κ1) is 32.1. The van der Waals surface area contributed by atoms with E-state index in [1.165, 1.54) is 0 Å². The van der Waals surface area contributed by atoms with Crippen molar-refractivity contribution in [2.45, 2.75) is 85.8 Å². The van der Waals surface area contributed by atoms with Crippen LogP contribution in [0.4, 0.5) is 0 Å². The summed E-state index contributed by atoms with van der Waals surface area (Å²) in [6.45, 7) is -2.11. The average molecular weight is 522 g/mol. The van der Waals surface area contributed by atoms with Gasteiger partial charge in [-0.15, -0.1) is 0 Å². The molecule has 0 aliphatic carbocycles. The highest BCUT2D eigenvalue weighted by molar-refractivity contribution is 5.56. The average Bonchev–Trinajstić information content (AvgIpc) is 2.87. The van der Waals surface area contributed by atoms with Gasteiger partial charge in [-0.25, -0.2) is 0 Å². The fraction of sp³-hybridized carbons (Fsp3) is 0.944. The standard InChI is InChI=1S/C12H22O11.C6H12O6/c13-1-3-5(15)6(16)9(19)12(22-3)23-10-4(2-14)21-11(20)8(18)7(10)17;7-1-3(9)5(11)6(12)4(10)2-8/h3-20H,1-2H2;1,3-6,8-12H,2H2/t3-,4-,5-,6+,7-,8-,9-,10-,11-,12-;3-,4-,5-,6-/m11/s1. The van der Waals surface area contributed by atoms with Crippen molar-refractivity contribution in [2.75, 3.05) is 19.8 Å². The molecule has 17 heteroatoms. The lowest BCUT2D eigenvalue weighted by Crippen LogP contribution is -2.64. The molecule has 2 rings (SSSR count). The number of aliphatic hydroxyl groups excluding tert-OH is 13. The normalized spacial score (nSPS) is 41.2. The van der Waals surface area contributed by atoms with Gasteiger partial charge in [-0.05, 0) is 0 Å². The van der Waals surface area contributed by atoms with Crippen molar-refractivity contribution in [1.29, 1.82) is 0 Å². The maximum atomic E-state index is 9.94. The summed E-state index contributed by atoms with van der Waals surface area (Å²) in [5, 5.41) is 120. The van der Waals surface area contributed by atoms with Gasteiger partial charge in [-0.2, -0.15) is 0 Å². The minimum absolute atomic E-state index is 0.0258. The molecule has 0 radical (unpaired) electrons. The van der Waals surface area contributed by atoms with E-state index in [9.17, 15) is 40.5 Å². The Morgan fingerprint density at radius 3 is 1.77 bits per heavy atom. The van der Waals surface area contributed by atoms with Crippen LogP contribution in [0.3, 0.4) is 0 Å². The summed E-state index contributed by atoms with van der Waals surface area (Å²) in [7, 11) is 0. The Labute approximate surface area is 198 Å². The van der Waals surface area contributed by atoms with Crippen molar-refractivity contribution in [2.24, 2.45) is 0 Å². The molecule has 2 heterocycles. The molecule has 2 aliphatic rings. The van der Waals surface area contributed by atoms with Crippen LogP contribution in [0, 0.1) is 0 Å². The van der Waals surface area contributed by atoms with E-state index in [1.54, 1.807) is 0 Å². The molecular weight excluding hydrogens is 488 g/mol. The zero-order valence-electron chi connectivity index (χ0n) is 18.2. The highest BCUT2D eigenvalue weighted by atomic mass is 16.7. The third kappa shape index (κ3) is 8.01. The van der Waals surface area contributed by atoms with Crippen LogP contribution in [0.25, 0.3) is 0 Å². The maximum Gasteiger partial charge on any atom is 0.187 e. The second-order valence-electron chi connectivity index (χ2n) is 7.88. The Balaban J connectivity index is 0.000000434. The third-order valence-corrected chi connectivity index (χ3v) is 5.40.